The highest BCUT2D eigenvalue weighted by molar-refractivity contribution is 5.90. The van der Waals surface area contributed by atoms with Gasteiger partial charge < -0.3 is 20.3 Å². The van der Waals surface area contributed by atoms with Gasteiger partial charge in [-0.15, -0.1) is 0 Å². The number of methoxy groups -OCH3 is 1. The average Bonchev–Trinajstić information content (AvgIpc) is 3.09. The van der Waals surface area contributed by atoms with Gasteiger partial charge in [0.15, 0.2) is 0 Å². The highest BCUT2D eigenvalue weighted by atomic mass is 16.5. The van der Waals surface area contributed by atoms with E-state index in [0.29, 0.717) is 13.0 Å². The van der Waals surface area contributed by atoms with Gasteiger partial charge in [0.25, 0.3) is 0 Å². The van der Waals surface area contributed by atoms with Gasteiger partial charge in [0, 0.05) is 56.6 Å². The number of hydrogen-bond acceptors (Lipinski definition) is 5. The van der Waals surface area contributed by atoms with E-state index < -0.39 is 0 Å². The molecule has 0 fully saturated rings. The molecule has 142 valence electrons. The van der Waals surface area contributed by atoms with Crippen LogP contribution in [0, 0.1) is 0 Å². The Bertz CT molecular complexity index is 669. The number of carbonyl (C=O) groups excluding carboxylic acids is 1. The van der Waals surface area contributed by atoms with Crippen LogP contribution in [-0.4, -0.2) is 61.9 Å². The van der Waals surface area contributed by atoms with E-state index in [2.05, 4.69) is 32.8 Å². The van der Waals surface area contributed by atoms with Crippen molar-refractivity contribution >= 4 is 11.6 Å². The van der Waals surface area contributed by atoms with Crippen LogP contribution in [-0.2, 0) is 16.1 Å². The van der Waals surface area contributed by atoms with Gasteiger partial charge in [-0.1, -0.05) is 12.1 Å². The number of aromatic nitrogens is 2. The zero-order valence-corrected chi connectivity index (χ0v) is 15.8. The molecule has 1 heterocycles. The molecule has 0 bridgehead atoms. The Labute approximate surface area is 155 Å². The molecule has 0 saturated carbocycles. The number of aromatic amines is 1. The molecule has 0 unspecified atom stereocenters. The van der Waals surface area contributed by atoms with Crippen LogP contribution < -0.4 is 10.6 Å². The molecule has 0 radical (unpaired) electrons. The molecule has 1 aromatic carbocycles. The number of hydrogen-bond donors (Lipinski definition) is 3. The molecule has 0 spiro atoms. The highest BCUT2D eigenvalue weighted by Gasteiger charge is 2.10. The SMILES string of the molecule is CNCCN(C)Cc1cn[nH]c1-c1ccc(NC(=O)CCCOC)cc1. The van der Waals surface area contributed by atoms with E-state index >= 15 is 0 Å². The molecular weight excluding hydrogens is 330 g/mol. The summed E-state index contributed by atoms with van der Waals surface area (Å²) in [5, 5.41) is 13.3. The first-order valence-electron chi connectivity index (χ1n) is 8.88. The molecule has 0 saturated heterocycles. The Morgan fingerprint density at radius 3 is 2.77 bits per heavy atom. The van der Waals surface area contributed by atoms with Crippen molar-refractivity contribution in [1.29, 1.82) is 0 Å². The molecule has 2 rings (SSSR count). The van der Waals surface area contributed by atoms with Gasteiger partial charge in [-0.25, -0.2) is 0 Å². The van der Waals surface area contributed by atoms with Gasteiger partial charge in [0.1, 0.15) is 0 Å². The first kappa shape index (κ1) is 20.1. The Morgan fingerprint density at radius 2 is 2.08 bits per heavy atom. The van der Waals surface area contributed by atoms with Gasteiger partial charge in [-0.2, -0.15) is 5.10 Å². The van der Waals surface area contributed by atoms with Crippen molar-refractivity contribution in [3.63, 3.8) is 0 Å². The summed E-state index contributed by atoms with van der Waals surface area (Å²) in [5.74, 6) is 0.00295. The minimum absolute atomic E-state index is 0.00295. The second-order valence-electron chi connectivity index (χ2n) is 6.33. The standard InChI is InChI=1S/C19H29N5O2/c1-20-10-11-24(2)14-16-13-21-23-19(16)15-6-8-17(9-7-15)22-18(25)5-4-12-26-3/h6-9,13,20H,4-5,10-12,14H2,1-3H3,(H,21,23)(H,22,25). The summed E-state index contributed by atoms with van der Waals surface area (Å²) < 4.78 is 4.96. The van der Waals surface area contributed by atoms with Crippen LogP contribution in [0.2, 0.25) is 0 Å². The van der Waals surface area contributed by atoms with Gasteiger partial charge in [0.2, 0.25) is 5.91 Å². The molecule has 2 aromatic rings. The number of ether oxygens (including phenoxy) is 1. The van der Waals surface area contributed by atoms with Gasteiger partial charge in [0.05, 0.1) is 11.9 Å². The van der Waals surface area contributed by atoms with Gasteiger partial charge in [-0.3, -0.25) is 9.89 Å². The second kappa shape index (κ2) is 10.7. The molecule has 0 atom stereocenters. The fraction of sp³-hybridized carbons (Fsp3) is 0.474. The highest BCUT2D eigenvalue weighted by Crippen LogP contribution is 2.23. The number of anilines is 1. The summed E-state index contributed by atoms with van der Waals surface area (Å²) >= 11 is 0. The fourth-order valence-electron chi connectivity index (χ4n) is 2.67. The quantitative estimate of drug-likeness (QED) is 0.535. The molecule has 0 aliphatic carbocycles. The number of rotatable bonds is 11. The minimum atomic E-state index is 0.00295. The first-order valence-corrected chi connectivity index (χ1v) is 8.88. The number of likely N-dealkylation sites (N-methyl/N-ethyl adjacent to an activating group) is 2. The molecule has 26 heavy (non-hydrogen) atoms. The molecule has 1 amide bonds. The number of nitrogens with one attached hydrogen (secondary N) is 3. The zero-order chi connectivity index (χ0) is 18.8. The third-order valence-corrected chi connectivity index (χ3v) is 4.11. The molecule has 0 aliphatic rings. The lowest BCUT2D eigenvalue weighted by molar-refractivity contribution is -0.116. The normalized spacial score (nSPS) is 11.1. The molecule has 3 N–H and O–H groups in total. The van der Waals surface area contributed by atoms with Gasteiger partial charge >= 0.3 is 0 Å². The largest absolute Gasteiger partial charge is 0.385 e. The zero-order valence-electron chi connectivity index (χ0n) is 15.8. The van der Waals surface area contributed by atoms with Crippen LogP contribution in [0.3, 0.4) is 0 Å². The van der Waals surface area contributed by atoms with E-state index in [0.717, 1.165) is 48.6 Å². The summed E-state index contributed by atoms with van der Waals surface area (Å²) in [6.07, 6.45) is 3.05. The molecule has 7 heteroatoms. The molecule has 1 aromatic heterocycles. The first-order chi connectivity index (χ1) is 12.6. The summed E-state index contributed by atoms with van der Waals surface area (Å²) in [6, 6.07) is 7.82. The lowest BCUT2D eigenvalue weighted by Crippen LogP contribution is -2.26. The number of H-pyrrole nitrogens is 1. The topological polar surface area (TPSA) is 82.3 Å². The van der Waals surface area contributed by atoms with Crippen LogP contribution in [0.1, 0.15) is 18.4 Å². The number of amides is 1. The monoisotopic (exact) mass is 359 g/mol. The van der Waals surface area contributed by atoms with Crippen molar-refractivity contribution in [2.45, 2.75) is 19.4 Å². The lowest BCUT2D eigenvalue weighted by Gasteiger charge is -2.16. The Balaban J connectivity index is 1.96. The minimum Gasteiger partial charge on any atom is -0.385 e. The molecule has 0 aliphatic heterocycles. The van der Waals surface area contributed by atoms with Crippen molar-refractivity contribution in [3.05, 3.63) is 36.0 Å². The van der Waals surface area contributed by atoms with Gasteiger partial charge in [-0.05, 0) is 32.6 Å². The van der Waals surface area contributed by atoms with Crippen LogP contribution >= 0.6 is 0 Å². The van der Waals surface area contributed by atoms with Crippen LogP contribution in [0.5, 0.6) is 0 Å². The fourth-order valence-corrected chi connectivity index (χ4v) is 2.67. The van der Waals surface area contributed by atoms with E-state index in [9.17, 15) is 4.79 Å². The average molecular weight is 359 g/mol. The third-order valence-electron chi connectivity index (χ3n) is 4.11. The van der Waals surface area contributed by atoms with Crippen LogP contribution in [0.15, 0.2) is 30.5 Å². The van der Waals surface area contributed by atoms with Crippen molar-refractivity contribution in [1.82, 2.24) is 20.4 Å². The molecular formula is C19H29N5O2. The van der Waals surface area contributed by atoms with Crippen LogP contribution in [0.4, 0.5) is 5.69 Å². The summed E-state index contributed by atoms with van der Waals surface area (Å²) in [4.78, 5) is 14.1. The third kappa shape index (κ3) is 6.25. The van der Waals surface area contributed by atoms with Crippen molar-refractivity contribution in [3.8, 4) is 11.3 Å². The predicted octanol–water partition coefficient (Wildman–Crippen LogP) is 2.09. The number of carbonyl (C=O) groups is 1. The predicted molar refractivity (Wildman–Crippen MR) is 104 cm³/mol. The number of nitrogens with zero attached hydrogens (tertiary/aromatic N) is 2. The summed E-state index contributed by atoms with van der Waals surface area (Å²) in [6.45, 7) is 3.33. The number of benzene rings is 1. The van der Waals surface area contributed by atoms with E-state index in [1.807, 2.05) is 37.5 Å². The second-order valence-corrected chi connectivity index (χ2v) is 6.33. The molecule has 7 nitrogen and oxygen atoms in total. The van der Waals surface area contributed by atoms with Crippen molar-refractivity contribution < 1.29 is 9.53 Å². The van der Waals surface area contributed by atoms with E-state index in [-0.39, 0.29) is 5.91 Å². The maximum absolute atomic E-state index is 11.9. The van der Waals surface area contributed by atoms with E-state index in [1.165, 1.54) is 0 Å². The Morgan fingerprint density at radius 1 is 1.31 bits per heavy atom. The maximum Gasteiger partial charge on any atom is 0.224 e. The van der Waals surface area contributed by atoms with Crippen molar-refractivity contribution in [2.75, 3.05) is 46.2 Å². The summed E-state index contributed by atoms with van der Waals surface area (Å²) in [5.41, 5.74) is 4.01. The smallest absolute Gasteiger partial charge is 0.224 e. The maximum atomic E-state index is 11.9. The van der Waals surface area contributed by atoms with E-state index in [4.69, 9.17) is 4.74 Å². The summed E-state index contributed by atoms with van der Waals surface area (Å²) in [7, 11) is 5.68. The Kier molecular flexibility index (Phi) is 8.27. The Hall–Kier alpha value is -2.22. The van der Waals surface area contributed by atoms with E-state index in [1.54, 1.807) is 7.11 Å². The van der Waals surface area contributed by atoms with Crippen molar-refractivity contribution in [2.24, 2.45) is 0 Å². The lowest BCUT2D eigenvalue weighted by atomic mass is 10.1. The van der Waals surface area contributed by atoms with Crippen LogP contribution in [0.25, 0.3) is 11.3 Å².